The highest BCUT2D eigenvalue weighted by Crippen LogP contribution is 2.71. The van der Waals surface area contributed by atoms with Crippen molar-refractivity contribution in [1.82, 2.24) is 5.32 Å². The van der Waals surface area contributed by atoms with E-state index in [0.717, 1.165) is 23.2 Å². The molecule has 1 aromatic carbocycles. The number of carbonyl (C=O) groups is 2. The second-order valence-electron chi connectivity index (χ2n) is 8.16. The maximum atomic E-state index is 13.5. The van der Waals surface area contributed by atoms with Crippen molar-refractivity contribution < 1.29 is 24.2 Å². The molecule has 148 valence electrons. The summed E-state index contributed by atoms with van der Waals surface area (Å²) in [6.07, 6.45) is 3.22. The summed E-state index contributed by atoms with van der Waals surface area (Å²) in [5.41, 5.74) is -0.851. The van der Waals surface area contributed by atoms with Crippen LogP contribution in [0.25, 0.3) is 0 Å². The van der Waals surface area contributed by atoms with Crippen molar-refractivity contribution in [3.05, 3.63) is 41.6 Å². The Morgan fingerprint density at radius 3 is 2.89 bits per heavy atom. The van der Waals surface area contributed by atoms with E-state index >= 15 is 0 Å². The molecular formula is C21H24N2O5. The van der Waals surface area contributed by atoms with Crippen LogP contribution in [0.2, 0.25) is 0 Å². The average Bonchev–Trinajstić information content (AvgIpc) is 3.17. The minimum Gasteiger partial charge on any atom is -0.468 e. The summed E-state index contributed by atoms with van der Waals surface area (Å²) in [6, 6.07) is 7.42. The van der Waals surface area contributed by atoms with Crippen LogP contribution in [0.1, 0.15) is 31.7 Å². The number of aliphatic hydroxyl groups is 1. The Bertz CT molecular complexity index is 914. The summed E-state index contributed by atoms with van der Waals surface area (Å²) < 4.78 is 11.3. The minimum absolute atomic E-state index is 0.0122. The molecule has 7 nitrogen and oxygen atoms in total. The minimum atomic E-state index is -1.33. The molecule has 1 aliphatic carbocycles. The lowest BCUT2D eigenvalue weighted by Crippen LogP contribution is -2.76. The molecule has 2 fully saturated rings. The Morgan fingerprint density at radius 1 is 1.39 bits per heavy atom. The predicted octanol–water partition coefficient (Wildman–Crippen LogP) is 1.43. The lowest BCUT2D eigenvalue weighted by atomic mass is 9.44. The van der Waals surface area contributed by atoms with Gasteiger partial charge in [0.25, 0.3) is 0 Å². The molecule has 1 saturated carbocycles. The van der Waals surface area contributed by atoms with E-state index in [4.69, 9.17) is 9.47 Å². The van der Waals surface area contributed by atoms with Crippen molar-refractivity contribution in [1.29, 1.82) is 0 Å². The first kappa shape index (κ1) is 17.6. The van der Waals surface area contributed by atoms with Crippen molar-refractivity contribution in [2.45, 2.75) is 43.4 Å². The van der Waals surface area contributed by atoms with Crippen LogP contribution >= 0.6 is 0 Å². The van der Waals surface area contributed by atoms with Gasteiger partial charge < -0.3 is 25.2 Å². The molecule has 0 spiro atoms. The summed E-state index contributed by atoms with van der Waals surface area (Å²) >= 11 is 0. The number of allylic oxidation sites excluding steroid dienone is 1. The SMILES string of the molecule is CCC1=CNC2CC1C(CO)(C(=O)OC)C13CC(=O)OC21Nc1ccccc13. The standard InChI is InChI=1S/C21H24N2O5/c1-3-12-10-22-16-8-14(12)19(11-24,18(26)27-2)20-9-17(25)28-21(16,20)23-15-7-5-4-6-13(15)20/h4-7,10,14,16,22-24H,3,8-9,11H2,1-2H3. The smallest absolute Gasteiger partial charge is 0.315 e. The predicted molar refractivity (Wildman–Crippen MR) is 100 cm³/mol. The van der Waals surface area contributed by atoms with E-state index in [1.807, 2.05) is 37.4 Å². The molecule has 2 bridgehead atoms. The topological polar surface area (TPSA) is 96.9 Å². The Balaban J connectivity index is 1.90. The summed E-state index contributed by atoms with van der Waals surface area (Å²) in [6.45, 7) is 1.60. The molecule has 5 atom stereocenters. The maximum absolute atomic E-state index is 13.5. The zero-order valence-electron chi connectivity index (χ0n) is 16.0. The van der Waals surface area contributed by atoms with E-state index in [-0.39, 0.29) is 24.3 Å². The fourth-order valence-corrected chi connectivity index (χ4v) is 6.45. The van der Waals surface area contributed by atoms with Gasteiger partial charge in [-0.2, -0.15) is 0 Å². The van der Waals surface area contributed by atoms with Crippen molar-refractivity contribution in [2.75, 3.05) is 19.0 Å². The molecule has 5 unspecified atom stereocenters. The number of aliphatic hydroxyl groups excluding tert-OH is 1. The molecule has 1 aromatic rings. The van der Waals surface area contributed by atoms with Crippen LogP contribution in [0.3, 0.4) is 0 Å². The summed E-state index contributed by atoms with van der Waals surface area (Å²) in [5.74, 6) is -1.13. The number of anilines is 1. The quantitative estimate of drug-likeness (QED) is 0.679. The Morgan fingerprint density at radius 2 is 2.18 bits per heavy atom. The molecule has 0 amide bonds. The van der Waals surface area contributed by atoms with Crippen LogP contribution in [0.5, 0.6) is 0 Å². The number of hydrogen-bond acceptors (Lipinski definition) is 7. The summed E-state index contributed by atoms with van der Waals surface area (Å²) in [4.78, 5) is 26.2. The van der Waals surface area contributed by atoms with E-state index in [1.165, 1.54) is 7.11 Å². The fourth-order valence-electron chi connectivity index (χ4n) is 6.45. The molecule has 3 N–H and O–H groups in total. The van der Waals surface area contributed by atoms with Crippen LogP contribution in [0.4, 0.5) is 5.69 Å². The van der Waals surface area contributed by atoms with Crippen LogP contribution < -0.4 is 10.6 Å². The van der Waals surface area contributed by atoms with Gasteiger partial charge in [0.1, 0.15) is 5.41 Å². The van der Waals surface area contributed by atoms with Gasteiger partial charge in [-0.1, -0.05) is 30.7 Å². The van der Waals surface area contributed by atoms with Gasteiger partial charge in [-0.25, -0.2) is 0 Å². The molecule has 28 heavy (non-hydrogen) atoms. The second kappa shape index (κ2) is 5.50. The highest BCUT2D eigenvalue weighted by atomic mass is 16.6. The third-order valence-electron chi connectivity index (χ3n) is 7.47. The number of ether oxygens (including phenoxy) is 2. The molecule has 1 saturated heterocycles. The monoisotopic (exact) mass is 384 g/mol. The number of hydrogen-bond donors (Lipinski definition) is 3. The van der Waals surface area contributed by atoms with Gasteiger partial charge >= 0.3 is 11.9 Å². The van der Waals surface area contributed by atoms with Gasteiger partial charge in [0.2, 0.25) is 5.72 Å². The Labute approximate surface area is 163 Å². The summed E-state index contributed by atoms with van der Waals surface area (Å²) in [7, 11) is 1.34. The normalized spacial score (nSPS) is 39.5. The number of rotatable bonds is 3. The maximum Gasteiger partial charge on any atom is 0.315 e. The zero-order chi connectivity index (χ0) is 19.7. The number of methoxy groups -OCH3 is 1. The van der Waals surface area contributed by atoms with Crippen molar-refractivity contribution in [3.63, 3.8) is 0 Å². The molecule has 5 rings (SSSR count). The third kappa shape index (κ3) is 1.62. The number of carbonyl (C=O) groups excluding carboxylic acids is 2. The molecule has 4 aliphatic rings. The first-order valence-electron chi connectivity index (χ1n) is 9.74. The molecule has 3 aliphatic heterocycles. The molecular weight excluding hydrogens is 360 g/mol. The number of fused-ring (bicyclic) bond motifs is 3. The number of nitrogens with one attached hydrogen (secondary N) is 2. The molecule has 0 radical (unpaired) electrons. The van der Waals surface area contributed by atoms with Crippen LogP contribution in [-0.2, 0) is 24.5 Å². The molecule has 7 heteroatoms. The fraction of sp³-hybridized carbons (Fsp3) is 0.524. The van der Waals surface area contributed by atoms with Crippen LogP contribution in [-0.4, -0.2) is 42.5 Å². The van der Waals surface area contributed by atoms with Gasteiger partial charge in [-0.15, -0.1) is 0 Å². The largest absolute Gasteiger partial charge is 0.468 e. The van der Waals surface area contributed by atoms with Crippen molar-refractivity contribution in [3.8, 4) is 0 Å². The van der Waals surface area contributed by atoms with E-state index in [2.05, 4.69) is 10.6 Å². The lowest BCUT2D eigenvalue weighted by Gasteiger charge is -2.61. The first-order chi connectivity index (χ1) is 13.5. The van der Waals surface area contributed by atoms with Gasteiger partial charge in [0, 0.05) is 11.6 Å². The molecule has 3 heterocycles. The summed E-state index contributed by atoms with van der Waals surface area (Å²) in [5, 5.41) is 17.7. The third-order valence-corrected chi connectivity index (χ3v) is 7.47. The van der Waals surface area contributed by atoms with E-state index in [0.29, 0.717) is 6.42 Å². The Hall–Kier alpha value is -2.54. The number of benzene rings is 1. The van der Waals surface area contributed by atoms with E-state index in [9.17, 15) is 14.7 Å². The van der Waals surface area contributed by atoms with Crippen LogP contribution in [0.15, 0.2) is 36.0 Å². The average molecular weight is 384 g/mol. The van der Waals surface area contributed by atoms with Gasteiger partial charge in [0.05, 0.1) is 31.6 Å². The van der Waals surface area contributed by atoms with Gasteiger partial charge in [0.15, 0.2) is 0 Å². The van der Waals surface area contributed by atoms with Gasteiger partial charge in [-0.3, -0.25) is 9.59 Å². The highest BCUT2D eigenvalue weighted by Gasteiger charge is 2.83. The van der Waals surface area contributed by atoms with E-state index < -0.39 is 29.1 Å². The zero-order valence-corrected chi connectivity index (χ0v) is 16.0. The van der Waals surface area contributed by atoms with Gasteiger partial charge in [-0.05, 0) is 30.7 Å². The lowest BCUT2D eigenvalue weighted by molar-refractivity contribution is -0.192. The van der Waals surface area contributed by atoms with Crippen molar-refractivity contribution >= 4 is 17.6 Å². The van der Waals surface area contributed by atoms with E-state index in [1.54, 1.807) is 0 Å². The van der Waals surface area contributed by atoms with Crippen molar-refractivity contribution in [2.24, 2.45) is 11.3 Å². The number of para-hydroxylation sites is 1. The first-order valence-corrected chi connectivity index (χ1v) is 9.74. The highest BCUT2D eigenvalue weighted by molar-refractivity contribution is 5.90. The molecule has 0 aromatic heterocycles. The van der Waals surface area contributed by atoms with Crippen LogP contribution in [0, 0.1) is 11.3 Å². The Kier molecular flexibility index (Phi) is 3.45. The second-order valence-corrected chi connectivity index (χ2v) is 8.16. The number of esters is 2.